The minimum atomic E-state index is -1.08. The van der Waals surface area contributed by atoms with Crippen molar-refractivity contribution >= 4 is 46.4 Å². The van der Waals surface area contributed by atoms with Crippen molar-refractivity contribution in [1.82, 2.24) is 15.8 Å². The second-order valence-corrected chi connectivity index (χ2v) is 8.40. The largest absolute Gasteiger partial charge is 0.281 e. The smallest absolute Gasteiger partial charge is 0.273 e. The van der Waals surface area contributed by atoms with Gasteiger partial charge in [-0.05, 0) is 20.3 Å². The summed E-state index contributed by atoms with van der Waals surface area (Å²) < 4.78 is -1.08. The second kappa shape index (κ2) is 6.02. The molecule has 1 fully saturated rings. The molecule has 3 rings (SSSR count). The number of amides is 2. The Hall–Kier alpha value is -1.63. The van der Waals surface area contributed by atoms with E-state index in [2.05, 4.69) is 15.8 Å². The summed E-state index contributed by atoms with van der Waals surface area (Å²) in [5.74, 6) is -0.828. The van der Waals surface area contributed by atoms with Crippen molar-refractivity contribution in [2.75, 3.05) is 0 Å². The zero-order chi connectivity index (χ0) is 17.5. The van der Waals surface area contributed by atoms with E-state index in [1.807, 2.05) is 30.3 Å². The molecule has 1 aromatic heterocycles. The Kier molecular flexibility index (Phi) is 4.32. The van der Waals surface area contributed by atoms with Gasteiger partial charge in [-0.15, -0.1) is 34.5 Å². The van der Waals surface area contributed by atoms with Crippen molar-refractivity contribution < 1.29 is 9.59 Å². The monoisotopic (exact) mass is 383 g/mol. The highest BCUT2D eigenvalue weighted by Gasteiger charge is 2.68. The Morgan fingerprint density at radius 2 is 1.83 bits per heavy atom. The average molecular weight is 384 g/mol. The van der Waals surface area contributed by atoms with Gasteiger partial charge in [-0.25, -0.2) is 4.98 Å². The predicted octanol–water partition coefficient (Wildman–Crippen LogP) is 3.46. The maximum Gasteiger partial charge on any atom is 0.281 e. The summed E-state index contributed by atoms with van der Waals surface area (Å²) in [6, 6.07) is 9.59. The van der Waals surface area contributed by atoms with E-state index in [9.17, 15) is 9.59 Å². The topological polar surface area (TPSA) is 71.1 Å². The van der Waals surface area contributed by atoms with E-state index in [1.165, 1.54) is 11.3 Å². The Bertz CT molecular complexity index is 807. The molecular weight excluding hydrogens is 369 g/mol. The molecule has 1 heterocycles. The summed E-state index contributed by atoms with van der Waals surface area (Å²) in [5, 5.41) is 0.749. The Labute approximate surface area is 153 Å². The first-order chi connectivity index (χ1) is 11.2. The van der Waals surface area contributed by atoms with Crippen molar-refractivity contribution in [2.24, 2.45) is 5.41 Å². The molecule has 1 aliphatic carbocycles. The molecule has 0 spiro atoms. The van der Waals surface area contributed by atoms with Crippen molar-refractivity contribution in [3.63, 3.8) is 0 Å². The summed E-state index contributed by atoms with van der Waals surface area (Å²) in [6.07, 6.45) is 0.350. The van der Waals surface area contributed by atoms with E-state index in [1.54, 1.807) is 13.8 Å². The third-order valence-electron chi connectivity index (χ3n) is 4.07. The first kappa shape index (κ1) is 17.2. The van der Waals surface area contributed by atoms with Gasteiger partial charge in [0, 0.05) is 5.56 Å². The van der Waals surface area contributed by atoms with Crippen LogP contribution in [0.5, 0.6) is 0 Å². The Balaban J connectivity index is 1.68. The summed E-state index contributed by atoms with van der Waals surface area (Å²) in [4.78, 5) is 29.2. The normalized spacial score (nSPS) is 21.2. The van der Waals surface area contributed by atoms with Crippen LogP contribution in [0.3, 0.4) is 0 Å². The lowest BCUT2D eigenvalue weighted by Crippen LogP contribution is -2.45. The van der Waals surface area contributed by atoms with Crippen LogP contribution >= 0.6 is 34.5 Å². The quantitative estimate of drug-likeness (QED) is 0.629. The highest BCUT2D eigenvalue weighted by atomic mass is 35.5. The van der Waals surface area contributed by atoms with Crippen molar-refractivity contribution in [2.45, 2.75) is 24.6 Å². The van der Waals surface area contributed by atoms with Gasteiger partial charge in [-0.3, -0.25) is 20.4 Å². The molecule has 1 unspecified atom stereocenters. The number of hydrogen-bond donors (Lipinski definition) is 2. The fourth-order valence-electron chi connectivity index (χ4n) is 2.27. The number of aryl methyl sites for hydroxylation is 1. The van der Waals surface area contributed by atoms with Crippen LogP contribution < -0.4 is 10.9 Å². The summed E-state index contributed by atoms with van der Waals surface area (Å²) in [6.45, 7) is 3.41. The second-order valence-electron chi connectivity index (χ2n) is 5.92. The Morgan fingerprint density at radius 1 is 1.21 bits per heavy atom. The summed E-state index contributed by atoms with van der Waals surface area (Å²) >= 11 is 13.2. The lowest BCUT2D eigenvalue weighted by molar-refractivity contribution is -0.126. The molecule has 0 saturated heterocycles. The SMILES string of the molecule is Cc1nc(-c2ccccc2)sc1C(=O)NNC(=O)C1(C)CC1(Cl)Cl. The van der Waals surface area contributed by atoms with Crippen molar-refractivity contribution in [3.05, 3.63) is 40.9 Å². The van der Waals surface area contributed by atoms with Crippen LogP contribution in [0.1, 0.15) is 28.7 Å². The van der Waals surface area contributed by atoms with Gasteiger partial charge >= 0.3 is 0 Å². The number of rotatable bonds is 3. The van der Waals surface area contributed by atoms with Gasteiger partial charge in [-0.2, -0.15) is 0 Å². The van der Waals surface area contributed by atoms with E-state index < -0.39 is 21.6 Å². The predicted molar refractivity (Wildman–Crippen MR) is 95.1 cm³/mol. The molecule has 1 aliphatic rings. The highest BCUT2D eigenvalue weighted by Crippen LogP contribution is 2.63. The lowest BCUT2D eigenvalue weighted by Gasteiger charge is -2.12. The fraction of sp³-hybridized carbons (Fsp3) is 0.312. The number of halogens is 2. The van der Waals surface area contributed by atoms with Crippen LogP contribution in [0.2, 0.25) is 0 Å². The molecule has 2 aromatic rings. The van der Waals surface area contributed by atoms with E-state index in [0.717, 1.165) is 10.6 Å². The zero-order valence-corrected chi connectivity index (χ0v) is 15.4. The maximum absolute atomic E-state index is 12.3. The number of aromatic nitrogens is 1. The van der Waals surface area contributed by atoms with Crippen molar-refractivity contribution in [3.8, 4) is 10.6 Å². The molecule has 0 aliphatic heterocycles. The summed E-state index contributed by atoms with van der Waals surface area (Å²) in [7, 11) is 0. The van der Waals surface area contributed by atoms with Crippen LogP contribution in [0, 0.1) is 12.3 Å². The average Bonchev–Trinajstić information content (AvgIpc) is 2.89. The molecule has 24 heavy (non-hydrogen) atoms. The molecule has 1 aromatic carbocycles. The fourth-order valence-corrected chi connectivity index (χ4v) is 3.94. The molecule has 1 atom stereocenters. The molecule has 2 amide bonds. The van der Waals surface area contributed by atoms with Gasteiger partial charge < -0.3 is 0 Å². The van der Waals surface area contributed by atoms with Crippen molar-refractivity contribution in [1.29, 1.82) is 0 Å². The molecule has 126 valence electrons. The first-order valence-electron chi connectivity index (χ1n) is 7.26. The molecule has 0 bridgehead atoms. The molecule has 1 saturated carbocycles. The molecule has 2 N–H and O–H groups in total. The van der Waals surface area contributed by atoms with Gasteiger partial charge in [0.2, 0.25) is 5.91 Å². The van der Waals surface area contributed by atoms with Gasteiger partial charge in [0.25, 0.3) is 5.91 Å². The minimum Gasteiger partial charge on any atom is -0.273 e. The van der Waals surface area contributed by atoms with E-state index >= 15 is 0 Å². The number of nitrogens with zero attached hydrogens (tertiary/aromatic N) is 1. The van der Waals surface area contributed by atoms with Crippen LogP contribution in [-0.4, -0.2) is 21.1 Å². The van der Waals surface area contributed by atoms with E-state index in [0.29, 0.717) is 17.0 Å². The number of benzene rings is 1. The molecule has 5 nitrogen and oxygen atoms in total. The van der Waals surface area contributed by atoms with Gasteiger partial charge in [0.15, 0.2) is 0 Å². The number of carbonyl (C=O) groups excluding carboxylic acids is 2. The third kappa shape index (κ3) is 3.01. The number of carbonyl (C=O) groups is 2. The van der Waals surface area contributed by atoms with Crippen LogP contribution in [0.15, 0.2) is 30.3 Å². The van der Waals surface area contributed by atoms with E-state index in [4.69, 9.17) is 23.2 Å². The number of thiazole rings is 1. The molecule has 0 radical (unpaired) electrons. The first-order valence-corrected chi connectivity index (χ1v) is 8.83. The lowest BCUT2D eigenvalue weighted by atomic mass is 10.1. The third-order valence-corrected chi connectivity index (χ3v) is 6.38. The van der Waals surface area contributed by atoms with Gasteiger partial charge in [0.05, 0.1) is 11.1 Å². The van der Waals surface area contributed by atoms with E-state index in [-0.39, 0.29) is 0 Å². The Morgan fingerprint density at radius 3 is 2.42 bits per heavy atom. The van der Waals surface area contributed by atoms with Crippen LogP contribution in [-0.2, 0) is 4.79 Å². The number of hydrogen-bond acceptors (Lipinski definition) is 4. The minimum absolute atomic E-state index is 0.350. The maximum atomic E-state index is 12.3. The number of alkyl halides is 2. The van der Waals surface area contributed by atoms with Gasteiger partial charge in [0.1, 0.15) is 14.2 Å². The highest BCUT2D eigenvalue weighted by molar-refractivity contribution is 7.17. The number of nitrogens with one attached hydrogen (secondary N) is 2. The number of hydrazine groups is 1. The van der Waals surface area contributed by atoms with Gasteiger partial charge in [-0.1, -0.05) is 30.3 Å². The summed E-state index contributed by atoms with van der Waals surface area (Å²) in [5.41, 5.74) is 5.44. The standard InChI is InChI=1S/C16H15Cl2N3O2S/c1-9-11(24-13(19-9)10-6-4-3-5-7-10)12(22)20-21-14(23)15(2)8-16(15,17)18/h3-7H,8H2,1-2H3,(H,20,22)(H,21,23). The molecular formula is C16H15Cl2N3O2S. The van der Waals surface area contributed by atoms with Crippen LogP contribution in [0.4, 0.5) is 0 Å². The zero-order valence-electron chi connectivity index (χ0n) is 13.0. The van der Waals surface area contributed by atoms with Crippen LogP contribution in [0.25, 0.3) is 10.6 Å². The molecule has 8 heteroatoms.